The molecule has 0 aliphatic heterocycles. The summed E-state index contributed by atoms with van der Waals surface area (Å²) in [6.07, 6.45) is -2.08. The molecule has 88 valence electrons. The lowest BCUT2D eigenvalue weighted by Crippen LogP contribution is -2.43. The molecule has 1 aliphatic carbocycles. The summed E-state index contributed by atoms with van der Waals surface area (Å²) in [6, 6.07) is -0.255. The minimum Gasteiger partial charge on any atom is -0.337 e. The number of hydrogen-bond acceptors (Lipinski definition) is 2. The van der Waals surface area contributed by atoms with E-state index < -0.39 is 18.8 Å². The molecule has 0 unspecified atom stereocenters. The predicted octanol–water partition coefficient (Wildman–Crippen LogP) is 0.600. The van der Waals surface area contributed by atoms with Gasteiger partial charge >= 0.3 is 12.2 Å². The summed E-state index contributed by atoms with van der Waals surface area (Å²) in [4.78, 5) is 10.8. The SMILES string of the molecule is O=C(NCCNC1CC1)NCC(F)(F)F. The Bertz CT molecular complexity index is 216. The average molecular weight is 225 g/mol. The minimum absolute atomic E-state index is 0.334. The van der Waals surface area contributed by atoms with E-state index in [1.807, 2.05) is 0 Å². The Morgan fingerprint density at radius 3 is 2.40 bits per heavy atom. The molecular weight excluding hydrogens is 211 g/mol. The van der Waals surface area contributed by atoms with Crippen molar-refractivity contribution in [1.82, 2.24) is 16.0 Å². The Morgan fingerprint density at radius 2 is 1.87 bits per heavy atom. The number of halogens is 3. The van der Waals surface area contributed by atoms with Crippen molar-refractivity contribution in [3.8, 4) is 0 Å². The van der Waals surface area contributed by atoms with Crippen LogP contribution in [0.2, 0.25) is 0 Å². The first kappa shape index (κ1) is 12.1. The summed E-state index contributed by atoms with van der Waals surface area (Å²) in [6.45, 7) is -0.376. The Labute approximate surface area is 85.6 Å². The number of alkyl halides is 3. The van der Waals surface area contributed by atoms with Gasteiger partial charge in [-0.05, 0) is 12.8 Å². The van der Waals surface area contributed by atoms with E-state index in [2.05, 4.69) is 10.6 Å². The highest BCUT2D eigenvalue weighted by Gasteiger charge is 2.27. The lowest BCUT2D eigenvalue weighted by Gasteiger charge is -2.09. The van der Waals surface area contributed by atoms with Crippen LogP contribution >= 0.6 is 0 Å². The lowest BCUT2D eigenvalue weighted by atomic mass is 10.5. The van der Waals surface area contributed by atoms with Crippen LogP contribution in [0.4, 0.5) is 18.0 Å². The Kier molecular flexibility index (Phi) is 4.19. The summed E-state index contributed by atoms with van der Waals surface area (Å²) in [7, 11) is 0. The Balaban J connectivity index is 1.93. The first-order chi connectivity index (χ1) is 6.97. The van der Waals surface area contributed by atoms with Crippen molar-refractivity contribution in [1.29, 1.82) is 0 Å². The van der Waals surface area contributed by atoms with E-state index in [0.29, 0.717) is 19.1 Å². The zero-order chi connectivity index (χ0) is 11.3. The van der Waals surface area contributed by atoms with E-state index in [1.54, 1.807) is 5.32 Å². The molecule has 0 bridgehead atoms. The van der Waals surface area contributed by atoms with Crippen LogP contribution in [-0.4, -0.2) is 37.9 Å². The highest BCUT2D eigenvalue weighted by Crippen LogP contribution is 2.17. The molecule has 0 radical (unpaired) electrons. The molecule has 1 rings (SSSR count). The largest absolute Gasteiger partial charge is 0.405 e. The molecule has 4 nitrogen and oxygen atoms in total. The van der Waals surface area contributed by atoms with Gasteiger partial charge in [0.1, 0.15) is 6.54 Å². The van der Waals surface area contributed by atoms with Crippen molar-refractivity contribution in [2.75, 3.05) is 19.6 Å². The fourth-order valence-electron chi connectivity index (χ4n) is 0.983. The van der Waals surface area contributed by atoms with Gasteiger partial charge in [0.2, 0.25) is 0 Å². The van der Waals surface area contributed by atoms with Crippen molar-refractivity contribution in [2.24, 2.45) is 0 Å². The number of hydrogen-bond donors (Lipinski definition) is 3. The van der Waals surface area contributed by atoms with E-state index in [4.69, 9.17) is 0 Å². The molecule has 15 heavy (non-hydrogen) atoms. The van der Waals surface area contributed by atoms with Gasteiger partial charge in [0, 0.05) is 19.1 Å². The molecule has 0 spiro atoms. The van der Waals surface area contributed by atoms with Gasteiger partial charge in [-0.3, -0.25) is 0 Å². The first-order valence-corrected chi connectivity index (χ1v) is 4.79. The third-order valence-electron chi connectivity index (χ3n) is 1.87. The van der Waals surface area contributed by atoms with Gasteiger partial charge in [-0.25, -0.2) is 4.79 Å². The summed E-state index contributed by atoms with van der Waals surface area (Å²) in [5.74, 6) is 0. The molecule has 0 heterocycles. The van der Waals surface area contributed by atoms with Crippen LogP contribution in [0.15, 0.2) is 0 Å². The van der Waals surface area contributed by atoms with Crippen LogP contribution < -0.4 is 16.0 Å². The monoisotopic (exact) mass is 225 g/mol. The van der Waals surface area contributed by atoms with Crippen molar-refractivity contribution in [2.45, 2.75) is 25.1 Å². The van der Waals surface area contributed by atoms with Gasteiger partial charge in [-0.15, -0.1) is 0 Å². The minimum atomic E-state index is -4.36. The predicted molar refractivity (Wildman–Crippen MR) is 48.5 cm³/mol. The van der Waals surface area contributed by atoms with Crippen LogP contribution in [0.3, 0.4) is 0 Å². The van der Waals surface area contributed by atoms with Crippen molar-refractivity contribution in [3.05, 3.63) is 0 Å². The Hall–Kier alpha value is -0.980. The molecule has 1 saturated carbocycles. The fraction of sp³-hybridized carbons (Fsp3) is 0.875. The van der Waals surface area contributed by atoms with E-state index in [9.17, 15) is 18.0 Å². The third-order valence-corrected chi connectivity index (χ3v) is 1.87. The van der Waals surface area contributed by atoms with E-state index in [0.717, 1.165) is 12.8 Å². The van der Waals surface area contributed by atoms with Gasteiger partial charge in [0.15, 0.2) is 0 Å². The average Bonchev–Trinajstić information content (AvgIpc) is 2.91. The molecule has 1 aliphatic rings. The molecule has 7 heteroatoms. The third kappa shape index (κ3) is 7.01. The van der Waals surface area contributed by atoms with Gasteiger partial charge in [0.05, 0.1) is 0 Å². The van der Waals surface area contributed by atoms with Crippen molar-refractivity contribution < 1.29 is 18.0 Å². The van der Waals surface area contributed by atoms with Crippen LogP contribution in [0.25, 0.3) is 0 Å². The zero-order valence-electron chi connectivity index (χ0n) is 8.16. The standard InChI is InChI=1S/C8H14F3N3O/c9-8(10,11)5-14-7(15)13-4-3-12-6-1-2-6/h6,12H,1-5H2,(H2,13,14,15). The highest BCUT2D eigenvalue weighted by atomic mass is 19.4. The number of amides is 2. The van der Waals surface area contributed by atoms with Crippen LogP contribution in [0, 0.1) is 0 Å². The van der Waals surface area contributed by atoms with Crippen LogP contribution in [0.5, 0.6) is 0 Å². The molecule has 0 atom stereocenters. The summed E-state index contributed by atoms with van der Waals surface area (Å²) >= 11 is 0. The second-order valence-corrected chi connectivity index (χ2v) is 3.45. The molecule has 1 fully saturated rings. The molecule has 0 aromatic rings. The summed E-state index contributed by atoms with van der Waals surface area (Å²) < 4.78 is 35.0. The van der Waals surface area contributed by atoms with Gasteiger partial charge < -0.3 is 16.0 Å². The number of carbonyl (C=O) groups is 1. The van der Waals surface area contributed by atoms with E-state index >= 15 is 0 Å². The molecule has 0 saturated heterocycles. The normalized spacial score (nSPS) is 16.2. The zero-order valence-corrected chi connectivity index (χ0v) is 8.16. The van der Waals surface area contributed by atoms with Crippen molar-refractivity contribution >= 4 is 6.03 Å². The molecule has 2 amide bonds. The molecule has 0 aromatic carbocycles. The van der Waals surface area contributed by atoms with E-state index in [1.165, 1.54) is 0 Å². The maximum atomic E-state index is 11.7. The van der Waals surface area contributed by atoms with Gasteiger partial charge in [-0.2, -0.15) is 13.2 Å². The maximum absolute atomic E-state index is 11.7. The van der Waals surface area contributed by atoms with Crippen LogP contribution in [-0.2, 0) is 0 Å². The number of urea groups is 1. The van der Waals surface area contributed by atoms with E-state index in [-0.39, 0.29) is 0 Å². The fourth-order valence-corrected chi connectivity index (χ4v) is 0.983. The first-order valence-electron chi connectivity index (χ1n) is 4.79. The van der Waals surface area contributed by atoms with Gasteiger partial charge in [-0.1, -0.05) is 0 Å². The van der Waals surface area contributed by atoms with Crippen LogP contribution in [0.1, 0.15) is 12.8 Å². The smallest absolute Gasteiger partial charge is 0.337 e. The Morgan fingerprint density at radius 1 is 1.20 bits per heavy atom. The van der Waals surface area contributed by atoms with Gasteiger partial charge in [0.25, 0.3) is 0 Å². The molecular formula is C8H14F3N3O. The lowest BCUT2D eigenvalue weighted by molar-refractivity contribution is -0.122. The second-order valence-electron chi connectivity index (χ2n) is 3.45. The summed E-state index contributed by atoms with van der Waals surface area (Å²) in [5, 5.41) is 7.17. The number of nitrogens with one attached hydrogen (secondary N) is 3. The topological polar surface area (TPSA) is 53.2 Å². The second kappa shape index (κ2) is 5.20. The molecule has 0 aromatic heterocycles. The molecule has 3 N–H and O–H groups in total. The maximum Gasteiger partial charge on any atom is 0.405 e. The summed E-state index contributed by atoms with van der Waals surface area (Å²) in [5.41, 5.74) is 0. The quantitative estimate of drug-likeness (QED) is 0.600. The highest BCUT2D eigenvalue weighted by molar-refractivity contribution is 5.73. The number of carbonyl (C=O) groups excluding carboxylic acids is 1. The number of rotatable bonds is 5. The van der Waals surface area contributed by atoms with Crippen molar-refractivity contribution in [3.63, 3.8) is 0 Å².